The number of benzene rings is 1. The van der Waals surface area contributed by atoms with Crippen LogP contribution in [0.3, 0.4) is 0 Å². The minimum atomic E-state index is -4.43. The molecule has 0 saturated carbocycles. The van der Waals surface area contributed by atoms with Crippen molar-refractivity contribution in [2.75, 3.05) is 0 Å². The largest absolute Gasteiger partial charge is 0.506 e. The lowest BCUT2D eigenvalue weighted by atomic mass is 10.3. The molecule has 6 heteroatoms. The average Bonchev–Trinajstić information content (AvgIpc) is 1.92. The van der Waals surface area contributed by atoms with Crippen molar-refractivity contribution in [3.05, 3.63) is 18.2 Å². The molecule has 1 radical (unpaired) electrons. The van der Waals surface area contributed by atoms with E-state index in [0.29, 0.717) is 0 Å². The Morgan fingerprint density at radius 2 is 1.92 bits per heavy atom. The molecule has 3 N–H and O–H groups in total. The lowest BCUT2D eigenvalue weighted by Crippen LogP contribution is -1.98. The molecule has 5 nitrogen and oxygen atoms in total. The zero-order chi connectivity index (χ0) is 9.35. The van der Waals surface area contributed by atoms with E-state index in [2.05, 4.69) is 0 Å². The highest BCUT2D eigenvalue weighted by Crippen LogP contribution is 2.24. The number of nitrogens with one attached hydrogen (secondary N) is 1. The highest BCUT2D eigenvalue weighted by Gasteiger charge is 2.14. The van der Waals surface area contributed by atoms with Gasteiger partial charge >= 0.3 is 0 Å². The summed E-state index contributed by atoms with van der Waals surface area (Å²) in [6, 6.07) is 3.11. The maximum Gasteiger partial charge on any atom is 0.298 e. The minimum Gasteiger partial charge on any atom is -0.506 e. The number of aromatic hydroxyl groups is 1. The molecule has 0 aliphatic heterocycles. The van der Waals surface area contributed by atoms with Gasteiger partial charge in [-0.2, -0.15) is 8.42 Å². The molecule has 0 aliphatic carbocycles. The molecule has 0 bridgehead atoms. The summed E-state index contributed by atoms with van der Waals surface area (Å²) < 4.78 is 29.6. The first-order chi connectivity index (χ1) is 5.41. The molecule has 0 aromatic heterocycles. The van der Waals surface area contributed by atoms with Crippen LogP contribution in [0.15, 0.2) is 23.1 Å². The van der Waals surface area contributed by atoms with Crippen molar-refractivity contribution in [2.45, 2.75) is 4.90 Å². The Balaban J connectivity index is 3.43. The third-order valence-corrected chi connectivity index (χ3v) is 2.12. The van der Waals surface area contributed by atoms with Gasteiger partial charge in [0.05, 0.1) is 5.69 Å². The summed E-state index contributed by atoms with van der Waals surface area (Å²) in [6.07, 6.45) is 0. The van der Waals surface area contributed by atoms with Gasteiger partial charge in [-0.25, -0.2) is 0 Å². The monoisotopic (exact) mass is 188 g/mol. The number of phenols is 1. The quantitative estimate of drug-likeness (QED) is 0.496. The van der Waals surface area contributed by atoms with E-state index in [4.69, 9.17) is 15.4 Å². The molecular formula is C6H6NO4S. The summed E-state index contributed by atoms with van der Waals surface area (Å²) in [6.45, 7) is 0. The van der Waals surface area contributed by atoms with Gasteiger partial charge in [-0.05, 0) is 18.2 Å². The Morgan fingerprint density at radius 1 is 1.33 bits per heavy atom. The predicted octanol–water partition coefficient (Wildman–Crippen LogP) is 0.553. The molecule has 0 aliphatic rings. The summed E-state index contributed by atoms with van der Waals surface area (Å²) in [4.78, 5) is -0.644. The van der Waals surface area contributed by atoms with E-state index in [1.807, 2.05) is 0 Å². The molecule has 0 saturated heterocycles. The predicted molar refractivity (Wildman–Crippen MR) is 40.7 cm³/mol. The van der Waals surface area contributed by atoms with Crippen LogP contribution in [0.25, 0.3) is 0 Å². The third kappa shape index (κ3) is 1.66. The van der Waals surface area contributed by atoms with Crippen molar-refractivity contribution < 1.29 is 18.1 Å². The smallest absolute Gasteiger partial charge is 0.298 e. The summed E-state index contributed by atoms with van der Waals surface area (Å²) in [5, 5.41) is 8.95. The molecule has 0 amide bonds. The van der Waals surface area contributed by atoms with E-state index in [-0.39, 0.29) is 5.69 Å². The second-order valence-electron chi connectivity index (χ2n) is 2.16. The van der Waals surface area contributed by atoms with Crippen molar-refractivity contribution in [1.82, 2.24) is 5.73 Å². The maximum absolute atomic E-state index is 10.5. The van der Waals surface area contributed by atoms with Crippen LogP contribution >= 0.6 is 0 Å². The van der Waals surface area contributed by atoms with Gasteiger partial charge < -0.3 is 10.8 Å². The Labute approximate surface area is 69.2 Å². The zero-order valence-corrected chi connectivity index (χ0v) is 6.67. The molecule has 0 fully saturated rings. The molecule has 0 spiro atoms. The number of rotatable bonds is 1. The van der Waals surface area contributed by atoms with Crippen molar-refractivity contribution >= 4 is 15.8 Å². The van der Waals surface area contributed by atoms with Crippen LogP contribution in [-0.2, 0) is 10.1 Å². The van der Waals surface area contributed by atoms with Gasteiger partial charge in [0.25, 0.3) is 10.1 Å². The molecule has 0 unspecified atom stereocenters. The van der Waals surface area contributed by atoms with E-state index in [1.165, 1.54) is 6.07 Å². The maximum atomic E-state index is 10.5. The molecule has 0 heterocycles. The van der Waals surface area contributed by atoms with Crippen molar-refractivity contribution in [1.29, 1.82) is 0 Å². The number of hydrogen-bond donors (Lipinski definition) is 2. The molecule has 1 rings (SSSR count). The lowest BCUT2D eigenvalue weighted by molar-refractivity contribution is 0.443. The normalized spacial score (nSPS) is 11.4. The summed E-state index contributed by atoms with van der Waals surface area (Å²) >= 11 is 0. The van der Waals surface area contributed by atoms with Gasteiger partial charge in [-0.15, -0.1) is 0 Å². The summed E-state index contributed by atoms with van der Waals surface area (Å²) in [5.74, 6) is -0.562. The topological polar surface area (TPSA) is 98.4 Å². The Kier molecular flexibility index (Phi) is 1.95. The molecule has 1 aromatic carbocycles. The number of phenolic OH excluding ortho intramolecular Hbond substituents is 1. The highest BCUT2D eigenvalue weighted by molar-refractivity contribution is 7.86. The fourth-order valence-electron chi connectivity index (χ4n) is 0.721. The fourth-order valence-corrected chi connectivity index (χ4v) is 1.33. The lowest BCUT2D eigenvalue weighted by Gasteiger charge is -2.00. The SMILES string of the molecule is [NH]c1ccc(O)c(S(=O)(=O)O)c1. The summed E-state index contributed by atoms with van der Waals surface area (Å²) in [7, 11) is -4.43. The van der Waals surface area contributed by atoms with Crippen molar-refractivity contribution in [2.24, 2.45) is 0 Å². The highest BCUT2D eigenvalue weighted by atomic mass is 32.2. The fraction of sp³-hybridized carbons (Fsp3) is 0. The average molecular weight is 188 g/mol. The second kappa shape index (κ2) is 2.65. The van der Waals surface area contributed by atoms with Crippen LogP contribution in [0.5, 0.6) is 5.75 Å². The summed E-state index contributed by atoms with van der Waals surface area (Å²) in [5.41, 5.74) is 6.93. The van der Waals surface area contributed by atoms with Gasteiger partial charge in [0.15, 0.2) is 0 Å². The van der Waals surface area contributed by atoms with Crippen molar-refractivity contribution in [3.8, 4) is 5.75 Å². The van der Waals surface area contributed by atoms with Crippen LogP contribution in [-0.4, -0.2) is 18.1 Å². The molecular weight excluding hydrogens is 182 g/mol. The van der Waals surface area contributed by atoms with Crippen LogP contribution in [0, 0.1) is 0 Å². The first kappa shape index (κ1) is 8.82. The Hall–Kier alpha value is -1.27. The van der Waals surface area contributed by atoms with Crippen LogP contribution in [0.2, 0.25) is 0 Å². The van der Waals surface area contributed by atoms with Crippen LogP contribution in [0.4, 0.5) is 5.69 Å². The van der Waals surface area contributed by atoms with Crippen molar-refractivity contribution in [3.63, 3.8) is 0 Å². The Bertz CT molecular complexity index is 398. The van der Waals surface area contributed by atoms with E-state index >= 15 is 0 Å². The van der Waals surface area contributed by atoms with Gasteiger partial charge in [0.1, 0.15) is 10.6 Å². The molecule has 12 heavy (non-hydrogen) atoms. The molecule has 65 valence electrons. The van der Waals surface area contributed by atoms with Gasteiger partial charge in [0, 0.05) is 0 Å². The zero-order valence-electron chi connectivity index (χ0n) is 5.85. The van der Waals surface area contributed by atoms with E-state index < -0.39 is 20.8 Å². The third-order valence-electron chi connectivity index (χ3n) is 1.24. The molecule has 1 aromatic rings. The Morgan fingerprint density at radius 3 is 2.33 bits per heavy atom. The first-order valence-corrected chi connectivity index (χ1v) is 4.37. The second-order valence-corrected chi connectivity index (χ2v) is 3.55. The van der Waals surface area contributed by atoms with Crippen LogP contribution in [0.1, 0.15) is 0 Å². The van der Waals surface area contributed by atoms with Gasteiger partial charge in [-0.1, -0.05) is 0 Å². The van der Waals surface area contributed by atoms with Gasteiger partial charge in [-0.3, -0.25) is 4.55 Å². The van der Waals surface area contributed by atoms with E-state index in [1.54, 1.807) is 0 Å². The molecule has 0 atom stereocenters. The standard InChI is InChI=1S/C6H6NO4S/c7-4-1-2-5(8)6(3-4)12(9,10)11/h1-3,7-8H,(H,9,10,11). The van der Waals surface area contributed by atoms with E-state index in [9.17, 15) is 8.42 Å². The van der Waals surface area contributed by atoms with Gasteiger partial charge in [0.2, 0.25) is 0 Å². The van der Waals surface area contributed by atoms with Crippen LogP contribution < -0.4 is 5.73 Å². The number of hydrogen-bond acceptors (Lipinski definition) is 3. The minimum absolute atomic E-state index is 0.0968. The van der Waals surface area contributed by atoms with E-state index in [0.717, 1.165) is 12.1 Å². The first-order valence-electron chi connectivity index (χ1n) is 2.93.